The van der Waals surface area contributed by atoms with Crippen molar-refractivity contribution in [3.05, 3.63) is 40.4 Å². The molecule has 1 aromatic heterocycles. The summed E-state index contributed by atoms with van der Waals surface area (Å²) in [7, 11) is 0. The number of thiazole rings is 1. The predicted molar refractivity (Wildman–Crippen MR) is 139 cm³/mol. The van der Waals surface area contributed by atoms with Gasteiger partial charge in [-0.3, -0.25) is 9.59 Å². The van der Waals surface area contributed by atoms with Crippen LogP contribution >= 0.6 is 11.3 Å². The Kier molecular flexibility index (Phi) is 8.89. The molecular formula is C28H39NO5S. The summed E-state index contributed by atoms with van der Waals surface area (Å²) < 4.78 is 6.92. The first-order valence-corrected chi connectivity index (χ1v) is 13.3. The largest absolute Gasteiger partial charge is 0.457 e. The average Bonchev–Trinajstić information content (AvgIpc) is 3.18. The van der Waals surface area contributed by atoms with Gasteiger partial charge in [-0.05, 0) is 56.7 Å². The fourth-order valence-electron chi connectivity index (χ4n) is 4.81. The summed E-state index contributed by atoms with van der Waals surface area (Å²) >= 11 is 1.60. The highest BCUT2D eigenvalue weighted by atomic mass is 32.1. The van der Waals surface area contributed by atoms with E-state index in [1.165, 1.54) is 5.57 Å². The third-order valence-corrected chi connectivity index (χ3v) is 8.35. The smallest absolute Gasteiger partial charge is 0.309 e. The van der Waals surface area contributed by atoms with Gasteiger partial charge in [0.05, 0.1) is 39.3 Å². The molecule has 192 valence electrons. The van der Waals surface area contributed by atoms with Crippen LogP contribution < -0.4 is 0 Å². The first-order valence-electron chi connectivity index (χ1n) is 12.5. The van der Waals surface area contributed by atoms with Gasteiger partial charge in [-0.25, -0.2) is 4.98 Å². The summed E-state index contributed by atoms with van der Waals surface area (Å²) in [6.07, 6.45) is 2.39. The monoisotopic (exact) mass is 501 g/mol. The van der Waals surface area contributed by atoms with Crippen LogP contribution in [-0.2, 0) is 14.3 Å². The number of ketones is 1. The molecule has 0 bridgehead atoms. The summed E-state index contributed by atoms with van der Waals surface area (Å²) in [6.45, 7) is 11.0. The van der Waals surface area contributed by atoms with E-state index in [9.17, 15) is 19.8 Å². The van der Waals surface area contributed by atoms with E-state index in [0.29, 0.717) is 6.42 Å². The number of carbonyl (C=O) groups excluding carboxylic acids is 2. The fourth-order valence-corrected chi connectivity index (χ4v) is 5.69. The van der Waals surface area contributed by atoms with Crippen LogP contribution in [0.1, 0.15) is 83.4 Å². The number of carbonyl (C=O) groups is 2. The number of rotatable bonds is 1. The number of aliphatic hydroxyl groups excluding tert-OH is 2. The van der Waals surface area contributed by atoms with Crippen molar-refractivity contribution in [1.29, 1.82) is 0 Å². The van der Waals surface area contributed by atoms with Crippen molar-refractivity contribution in [2.75, 3.05) is 0 Å². The van der Waals surface area contributed by atoms with Gasteiger partial charge in [0.25, 0.3) is 0 Å². The molecule has 6 nitrogen and oxygen atoms in total. The highest BCUT2D eigenvalue weighted by Crippen LogP contribution is 2.34. The molecule has 0 aliphatic carbocycles. The standard InChI is InChI=1S/C28H39NO5S/c1-16-8-7-9-17(2)26(32)18(3)27(33)28(5,6)24(30)15-25(31)34-22(13-10-16)20-11-12-21-23(14-20)35-19(4)29-21/h10-12,14,17-18,22,24,26,30,32H,7-9,13,15H2,1-6H3/b16-10+. The number of hydrogen-bond acceptors (Lipinski definition) is 7. The van der Waals surface area contributed by atoms with Gasteiger partial charge in [-0.2, -0.15) is 0 Å². The Labute approximate surface area is 212 Å². The molecule has 5 atom stereocenters. The first-order chi connectivity index (χ1) is 16.4. The molecule has 0 amide bonds. The number of benzene rings is 1. The number of aliphatic hydroxyl groups is 2. The lowest BCUT2D eigenvalue weighted by Gasteiger charge is -2.34. The minimum atomic E-state index is -1.22. The Balaban J connectivity index is 1.91. The van der Waals surface area contributed by atoms with Gasteiger partial charge >= 0.3 is 5.97 Å². The summed E-state index contributed by atoms with van der Waals surface area (Å²) in [6, 6.07) is 5.91. The Morgan fingerprint density at radius 3 is 2.57 bits per heavy atom. The Bertz CT molecular complexity index is 1090. The molecule has 1 aliphatic rings. The van der Waals surface area contributed by atoms with Crippen molar-refractivity contribution in [3.8, 4) is 0 Å². The summed E-state index contributed by atoms with van der Waals surface area (Å²) in [4.78, 5) is 30.7. The van der Waals surface area contributed by atoms with Gasteiger partial charge in [0, 0.05) is 12.3 Å². The number of fused-ring (bicyclic) bond motifs is 1. The Morgan fingerprint density at radius 1 is 1.14 bits per heavy atom. The number of aryl methyl sites for hydroxylation is 1. The normalized spacial score (nSPS) is 31.1. The second kappa shape index (κ2) is 11.3. The molecule has 0 spiro atoms. The molecule has 35 heavy (non-hydrogen) atoms. The molecule has 2 heterocycles. The lowest BCUT2D eigenvalue weighted by Crippen LogP contribution is -2.45. The van der Waals surface area contributed by atoms with Gasteiger partial charge in [0.1, 0.15) is 11.9 Å². The van der Waals surface area contributed by atoms with E-state index in [0.717, 1.165) is 40.1 Å². The van der Waals surface area contributed by atoms with Crippen molar-refractivity contribution in [1.82, 2.24) is 4.98 Å². The third-order valence-electron chi connectivity index (χ3n) is 7.41. The van der Waals surface area contributed by atoms with Crippen LogP contribution in [0.3, 0.4) is 0 Å². The maximum Gasteiger partial charge on any atom is 0.309 e. The zero-order chi connectivity index (χ0) is 25.9. The van der Waals surface area contributed by atoms with E-state index < -0.39 is 35.6 Å². The number of nitrogens with zero attached hydrogens (tertiary/aromatic N) is 1. The van der Waals surface area contributed by atoms with E-state index in [-0.39, 0.29) is 18.1 Å². The quantitative estimate of drug-likeness (QED) is 0.385. The SMILES string of the molecule is C/C1=C\CC(c2ccc3nc(C)sc3c2)OC(=O)CC(O)C(C)(C)C(=O)C(C)C(O)C(C)CCC1. The molecule has 5 unspecified atom stereocenters. The number of Topliss-reactive ketones (excluding diaryl/α,β-unsaturated/α-hetero) is 1. The number of ether oxygens (including phenoxy) is 1. The molecule has 3 rings (SSSR count). The predicted octanol–water partition coefficient (Wildman–Crippen LogP) is 5.69. The molecule has 2 N–H and O–H groups in total. The van der Waals surface area contributed by atoms with Crippen molar-refractivity contribution < 1.29 is 24.5 Å². The van der Waals surface area contributed by atoms with Crippen molar-refractivity contribution in [2.45, 2.75) is 92.0 Å². The van der Waals surface area contributed by atoms with Crippen molar-refractivity contribution >= 4 is 33.3 Å². The van der Waals surface area contributed by atoms with Gasteiger partial charge in [0.15, 0.2) is 0 Å². The van der Waals surface area contributed by atoms with Crippen molar-refractivity contribution in [2.24, 2.45) is 17.3 Å². The van der Waals surface area contributed by atoms with Crippen molar-refractivity contribution in [3.63, 3.8) is 0 Å². The molecule has 1 aliphatic heterocycles. The van der Waals surface area contributed by atoms with Crippen LogP contribution in [0.5, 0.6) is 0 Å². The van der Waals surface area contributed by atoms with E-state index in [1.807, 2.05) is 32.0 Å². The molecule has 1 aromatic carbocycles. The zero-order valence-corrected chi connectivity index (χ0v) is 22.5. The zero-order valence-electron chi connectivity index (χ0n) is 21.7. The highest BCUT2D eigenvalue weighted by Gasteiger charge is 2.42. The van der Waals surface area contributed by atoms with Gasteiger partial charge < -0.3 is 14.9 Å². The second-order valence-electron chi connectivity index (χ2n) is 10.7. The number of esters is 1. The fraction of sp³-hybridized carbons (Fsp3) is 0.607. The lowest BCUT2D eigenvalue weighted by molar-refractivity contribution is -0.155. The van der Waals surface area contributed by atoms with Gasteiger partial charge in [-0.1, -0.05) is 45.4 Å². The van der Waals surface area contributed by atoms with Crippen LogP contribution in [0.15, 0.2) is 29.8 Å². The molecule has 0 radical (unpaired) electrons. The minimum Gasteiger partial charge on any atom is -0.457 e. The summed E-state index contributed by atoms with van der Waals surface area (Å²) in [5.74, 6) is -1.49. The number of allylic oxidation sites excluding steroid dienone is 1. The highest BCUT2D eigenvalue weighted by molar-refractivity contribution is 7.18. The van der Waals surface area contributed by atoms with Crippen LogP contribution in [0.2, 0.25) is 0 Å². The Morgan fingerprint density at radius 2 is 1.86 bits per heavy atom. The van der Waals surface area contributed by atoms with E-state index >= 15 is 0 Å². The number of aromatic nitrogens is 1. The summed E-state index contributed by atoms with van der Waals surface area (Å²) in [5, 5.41) is 22.6. The van der Waals surface area contributed by atoms with Crippen LogP contribution in [0.4, 0.5) is 0 Å². The molecule has 0 saturated heterocycles. The second-order valence-corrected chi connectivity index (χ2v) is 11.9. The Hall–Kier alpha value is -2.09. The topological polar surface area (TPSA) is 96.7 Å². The van der Waals surface area contributed by atoms with Crippen LogP contribution in [-0.4, -0.2) is 39.2 Å². The van der Waals surface area contributed by atoms with Crippen LogP contribution in [0, 0.1) is 24.2 Å². The number of hydrogen-bond donors (Lipinski definition) is 2. The first kappa shape index (κ1) is 27.5. The minimum absolute atomic E-state index is 0.0464. The van der Waals surface area contributed by atoms with E-state index in [4.69, 9.17) is 4.74 Å². The molecule has 0 fully saturated rings. The molecule has 2 aromatic rings. The molecular weight excluding hydrogens is 462 g/mol. The number of cyclic esters (lactones) is 1. The van der Waals surface area contributed by atoms with E-state index in [2.05, 4.69) is 18.0 Å². The van der Waals surface area contributed by atoms with Gasteiger partial charge in [-0.15, -0.1) is 11.3 Å². The third kappa shape index (κ3) is 6.57. The van der Waals surface area contributed by atoms with Crippen LogP contribution in [0.25, 0.3) is 10.2 Å². The maximum absolute atomic E-state index is 13.2. The maximum atomic E-state index is 13.2. The van der Waals surface area contributed by atoms with Gasteiger partial charge in [0.2, 0.25) is 0 Å². The lowest BCUT2D eigenvalue weighted by atomic mass is 9.73. The molecule has 7 heteroatoms. The average molecular weight is 502 g/mol. The molecule has 0 saturated carbocycles. The summed E-state index contributed by atoms with van der Waals surface area (Å²) in [5.41, 5.74) is 1.81. The van der Waals surface area contributed by atoms with E-state index in [1.54, 1.807) is 32.1 Å².